The maximum atomic E-state index is 8.84. The second-order valence-corrected chi connectivity index (χ2v) is 4.72. The Hall–Kier alpha value is -1.98. The fourth-order valence-electron chi connectivity index (χ4n) is 1.75. The highest BCUT2D eigenvalue weighted by atomic mass is 35.5. The van der Waals surface area contributed by atoms with Crippen molar-refractivity contribution in [3.05, 3.63) is 58.1 Å². The van der Waals surface area contributed by atoms with Crippen LogP contribution in [0.25, 0.3) is 0 Å². The van der Waals surface area contributed by atoms with Gasteiger partial charge in [0.25, 0.3) is 0 Å². The first kappa shape index (κ1) is 13.5. The summed E-state index contributed by atoms with van der Waals surface area (Å²) in [5, 5.41) is 9.24. The monoisotopic (exact) mass is 271 g/mol. The first-order valence-electron chi connectivity index (χ1n) is 6.11. The number of nitrogens with zero attached hydrogens (tertiary/aromatic N) is 1. The second-order valence-electron chi connectivity index (χ2n) is 4.31. The van der Waals surface area contributed by atoms with Crippen LogP contribution in [0.5, 0.6) is 11.5 Å². The van der Waals surface area contributed by atoms with Gasteiger partial charge in [0, 0.05) is 6.07 Å². The first-order valence-corrected chi connectivity index (χ1v) is 6.49. The Morgan fingerprint density at radius 3 is 2.63 bits per heavy atom. The minimum atomic E-state index is 0.407. The van der Waals surface area contributed by atoms with Gasteiger partial charge >= 0.3 is 0 Å². The van der Waals surface area contributed by atoms with Crippen LogP contribution in [-0.2, 0) is 6.42 Å². The van der Waals surface area contributed by atoms with E-state index in [1.54, 1.807) is 18.2 Å². The number of rotatable bonds is 3. The maximum absolute atomic E-state index is 8.84. The van der Waals surface area contributed by atoms with Gasteiger partial charge in [-0.2, -0.15) is 5.26 Å². The van der Waals surface area contributed by atoms with Gasteiger partial charge in [0.2, 0.25) is 0 Å². The number of ether oxygens (including phenoxy) is 1. The molecule has 96 valence electrons. The van der Waals surface area contributed by atoms with Crippen molar-refractivity contribution in [1.29, 1.82) is 5.26 Å². The quantitative estimate of drug-likeness (QED) is 0.797. The molecule has 0 heterocycles. The third-order valence-electron chi connectivity index (χ3n) is 2.95. The summed E-state index contributed by atoms with van der Waals surface area (Å²) >= 11 is 5.99. The molecule has 2 aromatic carbocycles. The van der Waals surface area contributed by atoms with Crippen LogP contribution in [0.2, 0.25) is 5.02 Å². The molecule has 0 radical (unpaired) electrons. The zero-order valence-electron chi connectivity index (χ0n) is 10.9. The van der Waals surface area contributed by atoms with Crippen LogP contribution in [0.4, 0.5) is 0 Å². The van der Waals surface area contributed by atoms with Crippen molar-refractivity contribution in [2.24, 2.45) is 0 Å². The topological polar surface area (TPSA) is 33.0 Å². The Bertz CT molecular complexity index is 644. The van der Waals surface area contributed by atoms with E-state index in [2.05, 4.69) is 13.0 Å². The molecule has 0 atom stereocenters. The number of halogens is 1. The minimum absolute atomic E-state index is 0.407. The van der Waals surface area contributed by atoms with E-state index in [-0.39, 0.29) is 0 Å². The van der Waals surface area contributed by atoms with Gasteiger partial charge in [-0.25, -0.2) is 0 Å². The zero-order valence-corrected chi connectivity index (χ0v) is 11.7. The number of aryl methyl sites for hydroxylation is 2. The smallest absolute Gasteiger partial charge is 0.130 e. The van der Waals surface area contributed by atoms with E-state index in [1.807, 2.05) is 25.1 Å². The molecule has 0 unspecified atom stereocenters. The SMILES string of the molecule is CCc1ccc(C)c(Oc2ccc(C#N)c(Cl)c2)c1. The third kappa shape index (κ3) is 3.07. The van der Waals surface area contributed by atoms with Gasteiger partial charge in [0.1, 0.15) is 17.6 Å². The van der Waals surface area contributed by atoms with Crippen molar-refractivity contribution in [3.63, 3.8) is 0 Å². The van der Waals surface area contributed by atoms with Gasteiger partial charge in [-0.1, -0.05) is 30.7 Å². The van der Waals surface area contributed by atoms with E-state index < -0.39 is 0 Å². The van der Waals surface area contributed by atoms with Crippen molar-refractivity contribution < 1.29 is 4.74 Å². The summed E-state index contributed by atoms with van der Waals surface area (Å²) in [5.74, 6) is 1.46. The molecule has 0 aliphatic carbocycles. The number of benzene rings is 2. The van der Waals surface area contributed by atoms with E-state index in [4.69, 9.17) is 21.6 Å². The van der Waals surface area contributed by atoms with Gasteiger partial charge < -0.3 is 4.74 Å². The van der Waals surface area contributed by atoms with Crippen LogP contribution < -0.4 is 4.74 Å². The summed E-state index contributed by atoms with van der Waals surface area (Å²) in [6.07, 6.45) is 0.963. The van der Waals surface area contributed by atoms with Crippen LogP contribution in [0.15, 0.2) is 36.4 Å². The van der Waals surface area contributed by atoms with Gasteiger partial charge in [-0.3, -0.25) is 0 Å². The van der Waals surface area contributed by atoms with Gasteiger partial charge in [0.05, 0.1) is 10.6 Å². The first-order chi connectivity index (χ1) is 9.13. The summed E-state index contributed by atoms with van der Waals surface area (Å²) in [6.45, 7) is 4.10. The van der Waals surface area contributed by atoms with Crippen molar-refractivity contribution in [2.45, 2.75) is 20.3 Å². The Labute approximate surface area is 118 Å². The Balaban J connectivity index is 2.31. The van der Waals surface area contributed by atoms with Crippen LogP contribution >= 0.6 is 11.6 Å². The lowest BCUT2D eigenvalue weighted by Gasteiger charge is -2.10. The zero-order chi connectivity index (χ0) is 13.8. The van der Waals surface area contributed by atoms with Crippen molar-refractivity contribution >= 4 is 11.6 Å². The average molecular weight is 272 g/mol. The molecule has 0 aliphatic rings. The Kier molecular flexibility index (Phi) is 4.09. The fourth-order valence-corrected chi connectivity index (χ4v) is 1.96. The van der Waals surface area contributed by atoms with E-state index in [9.17, 15) is 0 Å². The Morgan fingerprint density at radius 1 is 1.21 bits per heavy atom. The molecule has 0 spiro atoms. The van der Waals surface area contributed by atoms with Gasteiger partial charge in [-0.15, -0.1) is 0 Å². The predicted molar refractivity (Wildman–Crippen MR) is 76.8 cm³/mol. The number of nitriles is 1. The van der Waals surface area contributed by atoms with Crippen LogP contribution in [0, 0.1) is 18.3 Å². The van der Waals surface area contributed by atoms with E-state index in [1.165, 1.54) is 5.56 Å². The van der Waals surface area contributed by atoms with Crippen LogP contribution in [0.3, 0.4) is 0 Å². The number of hydrogen-bond donors (Lipinski definition) is 0. The van der Waals surface area contributed by atoms with Gasteiger partial charge in [0.15, 0.2) is 0 Å². The summed E-state index contributed by atoms with van der Waals surface area (Å²) in [4.78, 5) is 0. The lowest BCUT2D eigenvalue weighted by atomic mass is 10.1. The predicted octanol–water partition coefficient (Wildman–Crippen LogP) is 4.87. The van der Waals surface area contributed by atoms with Crippen LogP contribution in [-0.4, -0.2) is 0 Å². The summed E-state index contributed by atoms with van der Waals surface area (Å²) in [7, 11) is 0. The molecular weight excluding hydrogens is 258 g/mol. The molecule has 2 nitrogen and oxygen atoms in total. The maximum Gasteiger partial charge on any atom is 0.130 e. The minimum Gasteiger partial charge on any atom is -0.457 e. The van der Waals surface area contributed by atoms with E-state index in [0.717, 1.165) is 17.7 Å². The van der Waals surface area contributed by atoms with Gasteiger partial charge in [-0.05, 0) is 42.7 Å². The highest BCUT2D eigenvalue weighted by molar-refractivity contribution is 6.31. The molecule has 0 saturated heterocycles. The molecule has 0 aliphatic heterocycles. The summed E-state index contributed by atoms with van der Waals surface area (Å²) < 4.78 is 5.84. The molecule has 0 aromatic heterocycles. The Morgan fingerprint density at radius 2 is 2.00 bits per heavy atom. The van der Waals surface area contributed by atoms with Crippen molar-refractivity contribution in [3.8, 4) is 17.6 Å². The normalized spacial score (nSPS) is 10.0. The molecule has 3 heteroatoms. The largest absolute Gasteiger partial charge is 0.457 e. The second kappa shape index (κ2) is 5.77. The summed E-state index contributed by atoms with van der Waals surface area (Å²) in [5.41, 5.74) is 2.74. The van der Waals surface area contributed by atoms with Crippen LogP contribution in [0.1, 0.15) is 23.6 Å². The highest BCUT2D eigenvalue weighted by Gasteiger charge is 2.05. The van der Waals surface area contributed by atoms with Crippen molar-refractivity contribution in [1.82, 2.24) is 0 Å². The number of hydrogen-bond acceptors (Lipinski definition) is 2. The van der Waals surface area contributed by atoms with E-state index in [0.29, 0.717) is 16.3 Å². The molecule has 2 rings (SSSR count). The lowest BCUT2D eigenvalue weighted by Crippen LogP contribution is -1.90. The van der Waals surface area contributed by atoms with E-state index >= 15 is 0 Å². The highest BCUT2D eigenvalue weighted by Crippen LogP contribution is 2.29. The molecule has 2 aromatic rings. The molecule has 0 N–H and O–H groups in total. The molecule has 0 amide bonds. The van der Waals surface area contributed by atoms with Crippen molar-refractivity contribution in [2.75, 3.05) is 0 Å². The average Bonchev–Trinajstić information content (AvgIpc) is 2.41. The molecular formula is C16H14ClNO. The summed E-state index contributed by atoms with van der Waals surface area (Å²) in [6, 6.07) is 13.3. The molecule has 19 heavy (non-hydrogen) atoms. The standard InChI is InChI=1S/C16H14ClNO/c1-3-12-5-4-11(2)16(8-12)19-14-7-6-13(10-18)15(17)9-14/h4-9H,3H2,1-2H3. The third-order valence-corrected chi connectivity index (χ3v) is 3.26. The lowest BCUT2D eigenvalue weighted by molar-refractivity contribution is 0.478. The fraction of sp³-hybridized carbons (Fsp3) is 0.188. The molecule has 0 saturated carbocycles. The molecule has 0 bridgehead atoms. The molecule has 0 fully saturated rings.